The zero-order valence-electron chi connectivity index (χ0n) is 22.4. The van der Waals surface area contributed by atoms with Crippen molar-refractivity contribution in [1.29, 1.82) is 0 Å². The summed E-state index contributed by atoms with van der Waals surface area (Å²) < 4.78 is 6.60. The van der Waals surface area contributed by atoms with Gasteiger partial charge in [0.1, 0.15) is 0 Å². The Morgan fingerprint density at radius 3 is 1.81 bits per heavy atom. The number of hydrogen-bond acceptors (Lipinski definition) is 4. The number of hydrogen-bond donors (Lipinski definition) is 2. The molecule has 0 saturated heterocycles. The van der Waals surface area contributed by atoms with Crippen molar-refractivity contribution in [2.45, 2.75) is 77.3 Å². The lowest BCUT2D eigenvalue weighted by atomic mass is 9.80. The van der Waals surface area contributed by atoms with Gasteiger partial charge in [-0.2, -0.15) is 0 Å². The fourth-order valence-electron chi connectivity index (χ4n) is 6.80. The van der Waals surface area contributed by atoms with Gasteiger partial charge in [0.2, 0.25) is 0 Å². The number of carboxylic acid groups (broad SMARTS) is 1. The molecular formula is C32H34N2O3. The summed E-state index contributed by atoms with van der Waals surface area (Å²) >= 11 is 0. The van der Waals surface area contributed by atoms with Crippen molar-refractivity contribution in [1.82, 2.24) is 0 Å². The Balaban J connectivity index is 1.73. The minimum Gasteiger partial charge on any atom is -0.545 e. The van der Waals surface area contributed by atoms with Crippen molar-refractivity contribution in [3.05, 3.63) is 65.2 Å². The van der Waals surface area contributed by atoms with Crippen molar-refractivity contribution in [2.75, 3.05) is 10.6 Å². The maximum Gasteiger partial charge on any atom is 0.363 e. The first kappa shape index (κ1) is 23.8. The quantitative estimate of drug-likeness (QED) is 0.226. The maximum absolute atomic E-state index is 12.2. The highest BCUT2D eigenvalue weighted by atomic mass is 16.4. The molecule has 2 atom stereocenters. The zero-order chi connectivity index (χ0) is 26.3. The second-order valence-electron chi connectivity index (χ2n) is 12.4. The van der Waals surface area contributed by atoms with Crippen molar-refractivity contribution in [3.8, 4) is 11.1 Å². The topological polar surface area (TPSA) is 75.5 Å². The standard InChI is InChI=1S/C32H34N2O3/c1-17-15-31(3,4)33-25-13-27-23(11-21(17)25)29(19-9-7-8-10-20(19)30(35)36)24-12-22-18(2)16-32(5,6)34-26(22)14-28(24)37-27/h7-14,17-18,33-34H,15-16H2,1-6H3. The molecule has 0 bridgehead atoms. The average Bonchev–Trinajstić information content (AvgIpc) is 2.79. The van der Waals surface area contributed by atoms with Gasteiger partial charge < -0.3 is 20.5 Å². The number of carbonyl (C=O) groups is 1. The molecule has 0 amide bonds. The van der Waals surface area contributed by atoms with Gasteiger partial charge in [-0.15, -0.1) is 0 Å². The van der Waals surface area contributed by atoms with Crippen LogP contribution in [0.2, 0.25) is 0 Å². The molecule has 6 rings (SSSR count). The Labute approximate surface area is 217 Å². The van der Waals surface area contributed by atoms with E-state index < -0.39 is 5.97 Å². The summed E-state index contributed by atoms with van der Waals surface area (Å²) in [6, 6.07) is 15.7. The number of aromatic carboxylic acids is 1. The van der Waals surface area contributed by atoms with Crippen LogP contribution in [-0.2, 0) is 0 Å². The van der Waals surface area contributed by atoms with E-state index in [-0.39, 0.29) is 16.6 Å². The van der Waals surface area contributed by atoms with E-state index >= 15 is 0 Å². The lowest BCUT2D eigenvalue weighted by Gasteiger charge is -2.37. The highest BCUT2D eigenvalue weighted by Gasteiger charge is 2.35. The molecule has 5 nitrogen and oxygen atoms in total. The molecule has 5 heteroatoms. The van der Waals surface area contributed by atoms with Crippen LogP contribution in [0.5, 0.6) is 0 Å². The fourth-order valence-corrected chi connectivity index (χ4v) is 6.80. The molecule has 0 saturated carbocycles. The largest absolute Gasteiger partial charge is 0.545 e. The molecule has 3 heterocycles. The van der Waals surface area contributed by atoms with Crippen LogP contribution < -0.4 is 15.7 Å². The number of fused-ring (bicyclic) bond motifs is 4. The Morgan fingerprint density at radius 1 is 0.838 bits per heavy atom. The van der Waals surface area contributed by atoms with Crippen LogP contribution in [-0.4, -0.2) is 17.0 Å². The summed E-state index contributed by atoms with van der Waals surface area (Å²) in [5.74, 6) is -0.474. The molecule has 0 aliphatic carbocycles. The molecule has 2 N–H and O–H groups in total. The van der Waals surface area contributed by atoms with Gasteiger partial charge in [0.15, 0.2) is 0 Å². The Bertz CT molecular complexity index is 1510. The monoisotopic (exact) mass is 494 g/mol. The lowest BCUT2D eigenvalue weighted by molar-refractivity contribution is -0.254. The molecule has 37 heavy (non-hydrogen) atoms. The predicted molar refractivity (Wildman–Crippen MR) is 149 cm³/mol. The number of rotatable bonds is 2. The summed E-state index contributed by atoms with van der Waals surface area (Å²) in [6.07, 6.45) is 2.02. The predicted octanol–water partition coefficient (Wildman–Crippen LogP) is 7.29. The van der Waals surface area contributed by atoms with Gasteiger partial charge >= 0.3 is 11.2 Å². The summed E-state index contributed by atoms with van der Waals surface area (Å²) in [6.45, 7) is 13.4. The third kappa shape index (κ3) is 3.92. The smallest absolute Gasteiger partial charge is 0.363 e. The Morgan fingerprint density at radius 2 is 1.32 bits per heavy atom. The molecule has 0 fully saturated rings. The van der Waals surface area contributed by atoms with Crippen molar-refractivity contribution in [2.24, 2.45) is 0 Å². The zero-order valence-corrected chi connectivity index (χ0v) is 22.4. The third-order valence-corrected chi connectivity index (χ3v) is 8.12. The van der Waals surface area contributed by atoms with E-state index in [4.69, 9.17) is 4.42 Å². The Hall–Kier alpha value is -3.60. The first-order valence-electron chi connectivity index (χ1n) is 13.2. The van der Waals surface area contributed by atoms with Gasteiger partial charge in [0.05, 0.1) is 28.9 Å². The molecule has 0 radical (unpaired) electrons. The molecule has 4 aromatic rings. The summed E-state index contributed by atoms with van der Waals surface area (Å²) in [4.78, 5) is 12.2. The summed E-state index contributed by atoms with van der Waals surface area (Å²) in [5, 5.41) is 21.4. The molecule has 1 aromatic heterocycles. The van der Waals surface area contributed by atoms with Crippen LogP contribution in [0.25, 0.3) is 33.1 Å². The number of anilines is 2. The maximum atomic E-state index is 12.2. The van der Waals surface area contributed by atoms with Crippen molar-refractivity contribution in [3.63, 3.8) is 0 Å². The van der Waals surface area contributed by atoms with Crippen molar-refractivity contribution >= 4 is 39.3 Å². The molecule has 0 spiro atoms. The summed E-state index contributed by atoms with van der Waals surface area (Å²) in [5.41, 5.74) is 7.74. The molecule has 3 aromatic carbocycles. The van der Waals surface area contributed by atoms with Gasteiger partial charge in [-0.05, 0) is 81.2 Å². The van der Waals surface area contributed by atoms with E-state index in [1.807, 2.05) is 12.1 Å². The van der Waals surface area contributed by atoms with E-state index in [1.54, 1.807) is 12.1 Å². The summed E-state index contributed by atoms with van der Waals surface area (Å²) in [7, 11) is 0. The molecule has 2 aliphatic rings. The van der Waals surface area contributed by atoms with E-state index in [1.165, 1.54) is 11.1 Å². The normalized spacial score (nSPS) is 21.6. The first-order valence-corrected chi connectivity index (χ1v) is 13.2. The molecular weight excluding hydrogens is 460 g/mol. The molecule has 2 unspecified atom stereocenters. The van der Waals surface area contributed by atoms with Crippen LogP contribution in [0.15, 0.2) is 52.9 Å². The lowest BCUT2D eigenvalue weighted by Crippen LogP contribution is -2.36. The SMILES string of the molecule is CC1CC(C)(C)Nc2cc3[o+]c4cc5c(cc4c(-c4ccccc4C(=O)[O-])c3cc21)C(C)CC(C)(C)N5. The van der Waals surface area contributed by atoms with Gasteiger partial charge in [-0.3, -0.25) is 0 Å². The number of nitrogens with one attached hydrogen (secondary N) is 2. The van der Waals surface area contributed by atoms with Crippen LogP contribution in [0.3, 0.4) is 0 Å². The third-order valence-electron chi connectivity index (χ3n) is 8.12. The average molecular weight is 495 g/mol. The number of carboxylic acids is 1. The number of benzene rings is 3. The van der Waals surface area contributed by atoms with Crippen LogP contribution >= 0.6 is 0 Å². The van der Waals surface area contributed by atoms with Crippen LogP contribution in [0.1, 0.15) is 87.7 Å². The fraction of sp³-hybridized carbons (Fsp3) is 0.375. The van der Waals surface area contributed by atoms with Crippen LogP contribution in [0.4, 0.5) is 11.4 Å². The van der Waals surface area contributed by atoms with Gasteiger partial charge in [-0.1, -0.05) is 38.1 Å². The molecule has 2 aliphatic heterocycles. The number of carbonyl (C=O) groups excluding carboxylic acids is 1. The van der Waals surface area contributed by atoms with E-state index in [2.05, 4.69) is 76.4 Å². The van der Waals surface area contributed by atoms with Gasteiger partial charge in [0, 0.05) is 33.6 Å². The van der Waals surface area contributed by atoms with E-state index in [9.17, 15) is 9.90 Å². The van der Waals surface area contributed by atoms with Crippen molar-refractivity contribution < 1.29 is 14.3 Å². The Kier molecular flexibility index (Phi) is 5.11. The second-order valence-corrected chi connectivity index (χ2v) is 12.4. The minimum absolute atomic E-state index is 0.0218. The van der Waals surface area contributed by atoms with Crippen LogP contribution in [0, 0.1) is 0 Å². The van der Waals surface area contributed by atoms with E-state index in [0.29, 0.717) is 17.4 Å². The second kappa shape index (κ2) is 7.95. The molecule has 190 valence electrons. The first-order chi connectivity index (χ1) is 17.4. The highest BCUT2D eigenvalue weighted by molar-refractivity contribution is 6.13. The van der Waals surface area contributed by atoms with Gasteiger partial charge in [0.25, 0.3) is 0 Å². The van der Waals surface area contributed by atoms with Gasteiger partial charge in [-0.25, -0.2) is 4.42 Å². The minimum atomic E-state index is -1.18. The highest BCUT2D eigenvalue weighted by Crippen LogP contribution is 2.47. The van der Waals surface area contributed by atoms with E-state index in [0.717, 1.165) is 51.7 Å².